The second-order valence-electron chi connectivity index (χ2n) is 7.53. The average Bonchev–Trinajstić information content (AvgIpc) is 3.39. The Morgan fingerprint density at radius 3 is 2.25 bits per heavy atom. The number of carbonyl (C=O) groups excluding carboxylic acids is 3. The minimum absolute atomic E-state index is 0.298. The molecule has 2 heterocycles. The number of fused-ring (bicyclic) bond motifs is 1. The minimum Gasteiger partial charge on any atom is -0.321 e. The molecule has 2 N–H and O–H groups in total. The summed E-state index contributed by atoms with van der Waals surface area (Å²) in [5, 5.41) is 9.76. The van der Waals surface area contributed by atoms with Gasteiger partial charge in [-0.05, 0) is 43.3 Å². The summed E-state index contributed by atoms with van der Waals surface area (Å²) in [5.74, 6) is -1.15. The lowest BCUT2D eigenvalue weighted by molar-refractivity contribution is 0.0925. The van der Waals surface area contributed by atoms with Crippen LogP contribution in [-0.4, -0.2) is 27.9 Å². The van der Waals surface area contributed by atoms with E-state index in [1.165, 1.54) is 0 Å². The quantitative estimate of drug-likeness (QED) is 0.476. The normalized spacial score (nSPS) is 12.7. The van der Waals surface area contributed by atoms with Crippen molar-refractivity contribution in [3.8, 4) is 11.3 Å². The van der Waals surface area contributed by atoms with Crippen molar-refractivity contribution in [3.63, 3.8) is 0 Å². The van der Waals surface area contributed by atoms with Crippen LogP contribution in [0.4, 0.5) is 11.4 Å². The summed E-state index contributed by atoms with van der Waals surface area (Å²) in [6.07, 6.45) is 0. The van der Waals surface area contributed by atoms with Gasteiger partial charge in [-0.3, -0.25) is 19.5 Å². The van der Waals surface area contributed by atoms with Crippen molar-refractivity contribution < 1.29 is 14.4 Å². The van der Waals surface area contributed by atoms with E-state index in [1.54, 1.807) is 54.6 Å². The maximum absolute atomic E-state index is 12.7. The van der Waals surface area contributed by atoms with Gasteiger partial charge in [0.15, 0.2) is 0 Å². The molecule has 5 rings (SSSR count). The molecule has 1 aliphatic heterocycles. The molecular formula is C25H18N4O3. The van der Waals surface area contributed by atoms with E-state index >= 15 is 0 Å². The number of aryl methyl sites for hydroxylation is 1. The van der Waals surface area contributed by atoms with Crippen molar-refractivity contribution in [1.82, 2.24) is 10.2 Å². The molecular weight excluding hydrogens is 404 g/mol. The number of rotatable bonds is 4. The molecule has 1 aromatic heterocycles. The van der Waals surface area contributed by atoms with Gasteiger partial charge in [-0.25, -0.2) is 4.90 Å². The summed E-state index contributed by atoms with van der Waals surface area (Å²) in [7, 11) is 0. The maximum atomic E-state index is 12.7. The number of hydrogen-bond donors (Lipinski definition) is 2. The van der Waals surface area contributed by atoms with Crippen LogP contribution in [-0.2, 0) is 0 Å². The molecule has 0 saturated heterocycles. The summed E-state index contributed by atoms with van der Waals surface area (Å²) in [4.78, 5) is 39.3. The lowest BCUT2D eigenvalue weighted by Gasteiger charge is -2.15. The Labute approximate surface area is 183 Å². The van der Waals surface area contributed by atoms with Crippen LogP contribution in [0.5, 0.6) is 0 Å². The van der Waals surface area contributed by atoms with Gasteiger partial charge < -0.3 is 5.32 Å². The monoisotopic (exact) mass is 422 g/mol. The maximum Gasteiger partial charge on any atom is 0.273 e. The molecule has 0 saturated carbocycles. The first kappa shape index (κ1) is 19.4. The van der Waals surface area contributed by atoms with Crippen molar-refractivity contribution in [3.05, 3.63) is 101 Å². The minimum atomic E-state index is -0.384. The van der Waals surface area contributed by atoms with E-state index < -0.39 is 0 Å². The Bertz CT molecular complexity index is 1340. The van der Waals surface area contributed by atoms with Gasteiger partial charge in [0.05, 0.1) is 22.5 Å². The van der Waals surface area contributed by atoms with Crippen LogP contribution in [0.3, 0.4) is 0 Å². The molecule has 0 fully saturated rings. The highest BCUT2D eigenvalue weighted by Gasteiger charge is 2.36. The third kappa shape index (κ3) is 3.35. The molecule has 7 heteroatoms. The van der Waals surface area contributed by atoms with Crippen molar-refractivity contribution in [2.45, 2.75) is 6.92 Å². The van der Waals surface area contributed by atoms with Gasteiger partial charge >= 0.3 is 0 Å². The van der Waals surface area contributed by atoms with Gasteiger partial charge in [-0.15, -0.1) is 0 Å². The first-order chi connectivity index (χ1) is 15.5. The molecule has 156 valence electrons. The highest BCUT2D eigenvalue weighted by atomic mass is 16.2. The molecule has 0 aliphatic carbocycles. The number of aromatic amines is 1. The molecule has 0 atom stereocenters. The summed E-state index contributed by atoms with van der Waals surface area (Å²) >= 11 is 0. The second-order valence-corrected chi connectivity index (χ2v) is 7.53. The molecule has 0 radical (unpaired) electrons. The van der Waals surface area contributed by atoms with E-state index in [0.717, 1.165) is 16.0 Å². The fourth-order valence-corrected chi connectivity index (χ4v) is 3.66. The number of H-pyrrole nitrogens is 1. The third-order valence-electron chi connectivity index (χ3n) is 5.33. The van der Waals surface area contributed by atoms with Crippen LogP contribution in [0.2, 0.25) is 0 Å². The number of benzene rings is 3. The Morgan fingerprint density at radius 2 is 1.56 bits per heavy atom. The topological polar surface area (TPSA) is 95.2 Å². The molecule has 0 bridgehead atoms. The predicted molar refractivity (Wildman–Crippen MR) is 121 cm³/mol. The largest absolute Gasteiger partial charge is 0.321 e. The SMILES string of the molecule is Cc1ccc(-c2cc(C(=O)Nc3cccc(N4C(=O)c5ccccc5C4=O)c3)[nH]n2)cc1. The second kappa shape index (κ2) is 7.63. The van der Waals surface area contributed by atoms with E-state index in [-0.39, 0.29) is 17.7 Å². The lowest BCUT2D eigenvalue weighted by atomic mass is 10.1. The van der Waals surface area contributed by atoms with Gasteiger partial charge in [-0.2, -0.15) is 5.10 Å². The van der Waals surface area contributed by atoms with Gasteiger partial charge in [0, 0.05) is 11.3 Å². The standard InChI is InChI=1S/C25H18N4O3/c1-15-9-11-16(12-10-15)21-14-22(28-27-21)23(30)26-17-5-4-6-18(13-17)29-24(31)19-7-2-3-8-20(19)25(29)32/h2-14H,1H3,(H,26,30)(H,27,28). The lowest BCUT2D eigenvalue weighted by Crippen LogP contribution is -2.29. The summed E-state index contributed by atoms with van der Waals surface area (Å²) in [6.45, 7) is 2.00. The number of anilines is 2. The molecule has 1 aliphatic rings. The highest BCUT2D eigenvalue weighted by Crippen LogP contribution is 2.30. The summed E-state index contributed by atoms with van der Waals surface area (Å²) < 4.78 is 0. The molecule has 0 unspecified atom stereocenters. The zero-order chi connectivity index (χ0) is 22.2. The van der Waals surface area contributed by atoms with Gasteiger partial charge in [0.25, 0.3) is 17.7 Å². The fourth-order valence-electron chi connectivity index (χ4n) is 3.66. The van der Waals surface area contributed by atoms with Crippen molar-refractivity contribution in [1.29, 1.82) is 0 Å². The number of aromatic nitrogens is 2. The first-order valence-electron chi connectivity index (χ1n) is 10.0. The van der Waals surface area contributed by atoms with Crippen LogP contribution >= 0.6 is 0 Å². The number of carbonyl (C=O) groups is 3. The Balaban J connectivity index is 1.36. The van der Waals surface area contributed by atoms with Crippen molar-refractivity contribution >= 4 is 29.1 Å². The summed E-state index contributed by atoms with van der Waals surface area (Å²) in [6, 6.07) is 22.8. The summed E-state index contributed by atoms with van der Waals surface area (Å²) in [5.41, 5.74) is 4.58. The van der Waals surface area contributed by atoms with Crippen LogP contribution in [0.15, 0.2) is 78.9 Å². The fraction of sp³-hybridized carbons (Fsp3) is 0.0400. The van der Waals surface area contributed by atoms with E-state index in [1.807, 2.05) is 31.2 Å². The van der Waals surface area contributed by atoms with Crippen molar-refractivity contribution in [2.24, 2.45) is 0 Å². The Kier molecular flexibility index (Phi) is 4.63. The first-order valence-corrected chi connectivity index (χ1v) is 10.0. The number of nitrogens with one attached hydrogen (secondary N) is 2. The third-order valence-corrected chi connectivity index (χ3v) is 5.33. The van der Waals surface area contributed by atoms with Crippen molar-refractivity contribution in [2.75, 3.05) is 10.2 Å². The smallest absolute Gasteiger partial charge is 0.273 e. The van der Waals surface area contributed by atoms with Gasteiger partial charge in [0.1, 0.15) is 5.69 Å². The van der Waals surface area contributed by atoms with Gasteiger partial charge in [0.2, 0.25) is 0 Å². The molecule has 0 spiro atoms. The molecule has 4 aromatic rings. The molecule has 32 heavy (non-hydrogen) atoms. The highest BCUT2D eigenvalue weighted by molar-refractivity contribution is 6.34. The predicted octanol–water partition coefficient (Wildman–Crippen LogP) is 4.44. The van der Waals surface area contributed by atoms with Crippen LogP contribution < -0.4 is 10.2 Å². The van der Waals surface area contributed by atoms with E-state index in [0.29, 0.717) is 33.9 Å². The van der Waals surface area contributed by atoms with E-state index in [4.69, 9.17) is 0 Å². The molecule has 3 aromatic carbocycles. The molecule has 7 nitrogen and oxygen atoms in total. The van der Waals surface area contributed by atoms with Gasteiger partial charge in [-0.1, -0.05) is 48.0 Å². The van der Waals surface area contributed by atoms with E-state index in [2.05, 4.69) is 15.5 Å². The average molecular weight is 422 g/mol. The van der Waals surface area contributed by atoms with Crippen LogP contribution in [0, 0.1) is 6.92 Å². The zero-order valence-electron chi connectivity index (χ0n) is 17.1. The zero-order valence-corrected chi connectivity index (χ0v) is 17.1. The van der Waals surface area contributed by atoms with E-state index in [9.17, 15) is 14.4 Å². The Morgan fingerprint density at radius 1 is 0.875 bits per heavy atom. The Hall–Kier alpha value is -4.52. The van der Waals surface area contributed by atoms with Crippen LogP contribution in [0.1, 0.15) is 36.8 Å². The number of imide groups is 1. The van der Waals surface area contributed by atoms with Crippen LogP contribution in [0.25, 0.3) is 11.3 Å². The molecule has 3 amide bonds. The number of hydrogen-bond acceptors (Lipinski definition) is 4. The number of nitrogens with zero attached hydrogens (tertiary/aromatic N) is 2. The number of amides is 3.